The monoisotopic (exact) mass is 253 g/mol. The minimum atomic E-state index is -0.434. The molecule has 1 aromatic heterocycles. The number of furan rings is 1. The molecule has 0 unspecified atom stereocenters. The Morgan fingerprint density at radius 2 is 1.89 bits per heavy atom. The topological polar surface area (TPSA) is 81.0 Å². The van der Waals surface area contributed by atoms with Crippen molar-refractivity contribution in [1.82, 2.24) is 4.90 Å². The number of rotatable bonds is 3. The summed E-state index contributed by atoms with van der Waals surface area (Å²) in [5, 5.41) is 18.2. The number of para-hydroxylation sites is 1. The molecule has 5 heteroatoms. The van der Waals surface area contributed by atoms with Gasteiger partial charge in [-0.1, -0.05) is 18.2 Å². The van der Waals surface area contributed by atoms with Gasteiger partial charge in [-0.25, -0.2) is 0 Å². The van der Waals surface area contributed by atoms with E-state index in [4.69, 9.17) is 14.9 Å². The summed E-state index contributed by atoms with van der Waals surface area (Å²) in [6.07, 6.45) is 0. The summed E-state index contributed by atoms with van der Waals surface area (Å²) in [5.41, 5.74) is 1.35. The predicted octanol–water partition coefficient (Wildman–Crippen LogP) is 2.23. The molecule has 0 fully saturated rings. The highest BCUT2D eigenvalue weighted by Gasteiger charge is 2.22. The molecule has 2 aromatic rings. The van der Waals surface area contributed by atoms with Gasteiger partial charge in [0.2, 0.25) is 0 Å². The normalized spacial score (nSPS) is 9.84. The summed E-state index contributed by atoms with van der Waals surface area (Å²) < 4.78 is 5.52. The van der Waals surface area contributed by atoms with Crippen LogP contribution in [0.3, 0.4) is 0 Å². The lowest BCUT2D eigenvalue weighted by atomic mass is 10.1. The molecular weight excluding hydrogens is 242 g/mol. The molecule has 1 amide bonds. The SMILES string of the molecule is Cc1c(C(=O)N(CC#N)CC#N)oc2ccccc12. The van der Waals surface area contributed by atoms with Crippen LogP contribution >= 0.6 is 0 Å². The van der Waals surface area contributed by atoms with Crippen LogP contribution in [-0.2, 0) is 0 Å². The fourth-order valence-corrected chi connectivity index (χ4v) is 1.89. The van der Waals surface area contributed by atoms with Crippen LogP contribution in [0, 0.1) is 29.6 Å². The van der Waals surface area contributed by atoms with Crippen molar-refractivity contribution in [2.24, 2.45) is 0 Å². The van der Waals surface area contributed by atoms with E-state index in [1.165, 1.54) is 0 Å². The van der Waals surface area contributed by atoms with E-state index in [1.54, 1.807) is 13.0 Å². The molecular formula is C14H11N3O2. The highest BCUT2D eigenvalue weighted by molar-refractivity contribution is 5.99. The van der Waals surface area contributed by atoms with Crippen LogP contribution in [0.5, 0.6) is 0 Å². The lowest BCUT2D eigenvalue weighted by Crippen LogP contribution is -2.31. The van der Waals surface area contributed by atoms with Crippen molar-refractivity contribution < 1.29 is 9.21 Å². The molecule has 94 valence electrons. The van der Waals surface area contributed by atoms with E-state index < -0.39 is 5.91 Å². The van der Waals surface area contributed by atoms with Gasteiger partial charge in [0.1, 0.15) is 18.7 Å². The number of benzene rings is 1. The Bertz CT molecular complexity index is 688. The lowest BCUT2D eigenvalue weighted by molar-refractivity contribution is 0.0764. The first kappa shape index (κ1) is 12.7. The summed E-state index contributed by atoms with van der Waals surface area (Å²) >= 11 is 0. The van der Waals surface area contributed by atoms with Crippen LogP contribution in [0.15, 0.2) is 28.7 Å². The Morgan fingerprint density at radius 3 is 2.47 bits per heavy atom. The van der Waals surface area contributed by atoms with Crippen LogP contribution in [0.25, 0.3) is 11.0 Å². The first-order valence-corrected chi connectivity index (χ1v) is 5.70. The number of fused-ring (bicyclic) bond motifs is 1. The third kappa shape index (κ3) is 2.27. The van der Waals surface area contributed by atoms with Crippen molar-refractivity contribution in [2.45, 2.75) is 6.92 Å². The second-order valence-corrected chi connectivity index (χ2v) is 4.03. The van der Waals surface area contributed by atoms with Crippen molar-refractivity contribution in [3.8, 4) is 12.1 Å². The molecule has 0 aliphatic rings. The van der Waals surface area contributed by atoms with Gasteiger partial charge in [-0.05, 0) is 13.0 Å². The number of hydrogen-bond acceptors (Lipinski definition) is 4. The Balaban J connectivity index is 2.44. The van der Waals surface area contributed by atoms with Gasteiger partial charge in [-0.15, -0.1) is 0 Å². The molecule has 0 saturated heterocycles. The lowest BCUT2D eigenvalue weighted by Gasteiger charge is -2.14. The molecule has 2 rings (SSSR count). The first-order chi connectivity index (χ1) is 9.19. The van der Waals surface area contributed by atoms with E-state index in [0.717, 1.165) is 15.8 Å². The minimum absolute atomic E-state index is 0.136. The highest BCUT2D eigenvalue weighted by atomic mass is 16.3. The molecule has 19 heavy (non-hydrogen) atoms. The summed E-state index contributed by atoms with van der Waals surface area (Å²) in [5.74, 6) is -0.247. The Morgan fingerprint density at radius 1 is 1.26 bits per heavy atom. The van der Waals surface area contributed by atoms with Gasteiger partial charge in [-0.3, -0.25) is 4.79 Å². The van der Waals surface area contributed by atoms with E-state index in [-0.39, 0.29) is 18.8 Å². The fourth-order valence-electron chi connectivity index (χ4n) is 1.89. The van der Waals surface area contributed by atoms with Gasteiger partial charge in [0.15, 0.2) is 5.76 Å². The zero-order chi connectivity index (χ0) is 13.8. The Kier molecular flexibility index (Phi) is 3.49. The van der Waals surface area contributed by atoms with Gasteiger partial charge >= 0.3 is 0 Å². The quantitative estimate of drug-likeness (QED) is 0.785. The summed E-state index contributed by atoms with van der Waals surface area (Å²) in [6, 6.07) is 11.1. The van der Waals surface area contributed by atoms with Crippen LogP contribution in [0.4, 0.5) is 0 Å². The average Bonchev–Trinajstić information content (AvgIpc) is 2.76. The number of amides is 1. The average molecular weight is 253 g/mol. The van der Waals surface area contributed by atoms with E-state index in [0.29, 0.717) is 5.58 Å². The minimum Gasteiger partial charge on any atom is -0.451 e. The van der Waals surface area contributed by atoms with Crippen molar-refractivity contribution in [3.05, 3.63) is 35.6 Å². The smallest absolute Gasteiger partial charge is 0.291 e. The van der Waals surface area contributed by atoms with Crippen molar-refractivity contribution >= 4 is 16.9 Å². The maximum atomic E-state index is 12.2. The molecule has 0 saturated carbocycles. The number of carbonyl (C=O) groups is 1. The maximum Gasteiger partial charge on any atom is 0.291 e. The summed E-state index contributed by atoms with van der Waals surface area (Å²) in [7, 11) is 0. The molecule has 1 aromatic carbocycles. The van der Waals surface area contributed by atoms with Crippen molar-refractivity contribution in [3.63, 3.8) is 0 Å². The molecule has 5 nitrogen and oxygen atoms in total. The molecule has 0 aliphatic heterocycles. The van der Waals surface area contributed by atoms with Gasteiger partial charge in [0.25, 0.3) is 5.91 Å². The maximum absolute atomic E-state index is 12.2. The summed E-state index contributed by atoms with van der Waals surface area (Å²) in [4.78, 5) is 13.4. The van der Waals surface area contributed by atoms with Gasteiger partial charge in [0, 0.05) is 10.9 Å². The van der Waals surface area contributed by atoms with Crippen molar-refractivity contribution in [1.29, 1.82) is 10.5 Å². The third-order valence-electron chi connectivity index (χ3n) is 2.85. The highest BCUT2D eigenvalue weighted by Crippen LogP contribution is 2.25. The second kappa shape index (κ2) is 5.24. The first-order valence-electron chi connectivity index (χ1n) is 5.70. The number of carbonyl (C=O) groups excluding carboxylic acids is 1. The molecule has 0 radical (unpaired) electrons. The number of nitrogens with zero attached hydrogens (tertiary/aromatic N) is 3. The van der Waals surface area contributed by atoms with E-state index in [2.05, 4.69) is 0 Å². The largest absolute Gasteiger partial charge is 0.451 e. The van der Waals surface area contributed by atoms with Crippen LogP contribution in [0.1, 0.15) is 16.1 Å². The molecule has 0 N–H and O–H groups in total. The molecule has 0 atom stereocenters. The van der Waals surface area contributed by atoms with Crippen LogP contribution in [0.2, 0.25) is 0 Å². The van der Waals surface area contributed by atoms with Gasteiger partial charge < -0.3 is 9.32 Å². The standard InChI is InChI=1S/C14H11N3O2/c1-10-11-4-2-3-5-12(11)19-13(10)14(18)17(8-6-15)9-7-16/h2-5H,8-9H2,1H3. The Labute approximate surface area is 110 Å². The zero-order valence-corrected chi connectivity index (χ0v) is 10.4. The molecule has 0 aliphatic carbocycles. The summed E-state index contributed by atoms with van der Waals surface area (Å²) in [6.45, 7) is 1.52. The van der Waals surface area contributed by atoms with E-state index >= 15 is 0 Å². The Hall–Kier alpha value is -2.79. The predicted molar refractivity (Wildman–Crippen MR) is 68.1 cm³/mol. The zero-order valence-electron chi connectivity index (χ0n) is 10.4. The molecule has 1 heterocycles. The number of nitriles is 2. The fraction of sp³-hybridized carbons (Fsp3) is 0.214. The van der Waals surface area contributed by atoms with E-state index in [9.17, 15) is 4.79 Å². The molecule has 0 spiro atoms. The second-order valence-electron chi connectivity index (χ2n) is 4.03. The third-order valence-corrected chi connectivity index (χ3v) is 2.85. The molecule has 0 bridgehead atoms. The van der Waals surface area contributed by atoms with Crippen molar-refractivity contribution in [2.75, 3.05) is 13.1 Å². The van der Waals surface area contributed by atoms with Crippen LogP contribution in [-0.4, -0.2) is 23.9 Å². The van der Waals surface area contributed by atoms with E-state index in [1.807, 2.05) is 30.3 Å². The number of aryl methyl sites for hydroxylation is 1. The number of hydrogen-bond donors (Lipinski definition) is 0. The van der Waals surface area contributed by atoms with Gasteiger partial charge in [-0.2, -0.15) is 10.5 Å². The van der Waals surface area contributed by atoms with Crippen LogP contribution < -0.4 is 0 Å². The van der Waals surface area contributed by atoms with Gasteiger partial charge in [0.05, 0.1) is 12.1 Å².